The van der Waals surface area contributed by atoms with Crippen LogP contribution in [0.15, 0.2) is 53.3 Å². The maximum absolute atomic E-state index is 12.8. The normalized spacial score (nSPS) is 10.9. The summed E-state index contributed by atoms with van der Waals surface area (Å²) in [6.45, 7) is 4.81. The van der Waals surface area contributed by atoms with Crippen molar-refractivity contribution >= 4 is 10.8 Å². The molecule has 0 saturated heterocycles. The highest BCUT2D eigenvalue weighted by molar-refractivity contribution is 5.96. The Bertz CT molecular complexity index is 963. The molecule has 1 radical (unpaired) electrons. The second-order valence-electron chi connectivity index (χ2n) is 6.38. The van der Waals surface area contributed by atoms with Crippen molar-refractivity contribution in [2.75, 3.05) is 0 Å². The SMILES string of the molecule is CC(C)Cn1[c]c(-c2ccccc2)c2cc(CC#N)ccc2c1=O. The Labute approximate surface area is 141 Å². The molecule has 0 aliphatic rings. The molecule has 3 rings (SSSR count). The summed E-state index contributed by atoms with van der Waals surface area (Å²) < 4.78 is 1.68. The molecule has 0 fully saturated rings. The van der Waals surface area contributed by atoms with E-state index in [-0.39, 0.29) is 5.56 Å². The number of fused-ring (bicyclic) bond motifs is 1. The van der Waals surface area contributed by atoms with Crippen molar-refractivity contribution in [3.63, 3.8) is 0 Å². The number of nitrogens with zero attached hydrogens (tertiary/aromatic N) is 2. The van der Waals surface area contributed by atoms with E-state index in [2.05, 4.69) is 26.1 Å². The first-order chi connectivity index (χ1) is 11.6. The number of pyridine rings is 1. The highest BCUT2D eigenvalue weighted by Gasteiger charge is 2.12. The minimum absolute atomic E-state index is 0.0260. The molecule has 24 heavy (non-hydrogen) atoms. The lowest BCUT2D eigenvalue weighted by Crippen LogP contribution is -2.23. The van der Waals surface area contributed by atoms with Gasteiger partial charge in [-0.3, -0.25) is 4.79 Å². The van der Waals surface area contributed by atoms with E-state index in [0.717, 1.165) is 22.1 Å². The molecular formula is C21H19N2O. The predicted molar refractivity (Wildman–Crippen MR) is 96.6 cm³/mol. The highest BCUT2D eigenvalue weighted by Crippen LogP contribution is 2.27. The average Bonchev–Trinajstić information content (AvgIpc) is 2.58. The fraction of sp³-hybridized carbons (Fsp3) is 0.238. The van der Waals surface area contributed by atoms with E-state index in [1.165, 1.54) is 0 Å². The molecule has 3 nitrogen and oxygen atoms in total. The molecule has 1 aromatic heterocycles. The van der Waals surface area contributed by atoms with E-state index in [1.807, 2.05) is 48.5 Å². The van der Waals surface area contributed by atoms with Gasteiger partial charge in [-0.15, -0.1) is 0 Å². The molecule has 0 aliphatic carbocycles. The molecule has 3 aromatic rings. The van der Waals surface area contributed by atoms with Crippen LogP contribution in [0.25, 0.3) is 21.9 Å². The van der Waals surface area contributed by atoms with E-state index in [9.17, 15) is 4.79 Å². The Morgan fingerprint density at radius 3 is 2.54 bits per heavy atom. The van der Waals surface area contributed by atoms with Crippen LogP contribution in [0.5, 0.6) is 0 Å². The molecule has 0 bridgehead atoms. The quantitative estimate of drug-likeness (QED) is 0.724. The van der Waals surface area contributed by atoms with Gasteiger partial charge in [-0.25, -0.2) is 0 Å². The molecule has 119 valence electrons. The summed E-state index contributed by atoms with van der Waals surface area (Å²) in [7, 11) is 0. The Balaban J connectivity index is 2.33. The summed E-state index contributed by atoms with van der Waals surface area (Å²) in [5.74, 6) is 0.359. The van der Waals surface area contributed by atoms with E-state index < -0.39 is 0 Å². The third-order valence-corrected chi connectivity index (χ3v) is 3.97. The zero-order valence-electron chi connectivity index (χ0n) is 13.9. The fourth-order valence-electron chi connectivity index (χ4n) is 2.90. The zero-order valence-corrected chi connectivity index (χ0v) is 13.9. The highest BCUT2D eigenvalue weighted by atomic mass is 16.1. The van der Waals surface area contributed by atoms with Crippen LogP contribution in [0.4, 0.5) is 0 Å². The van der Waals surface area contributed by atoms with Gasteiger partial charge in [0.25, 0.3) is 5.56 Å². The number of rotatable bonds is 4. The molecule has 0 atom stereocenters. The van der Waals surface area contributed by atoms with Crippen molar-refractivity contribution in [2.45, 2.75) is 26.8 Å². The third kappa shape index (κ3) is 3.09. The van der Waals surface area contributed by atoms with Gasteiger partial charge < -0.3 is 4.57 Å². The topological polar surface area (TPSA) is 45.8 Å². The molecule has 3 heteroatoms. The zero-order chi connectivity index (χ0) is 17.1. The van der Waals surface area contributed by atoms with Gasteiger partial charge >= 0.3 is 0 Å². The van der Waals surface area contributed by atoms with Gasteiger partial charge in [0, 0.05) is 17.5 Å². The number of benzene rings is 2. The lowest BCUT2D eigenvalue weighted by atomic mass is 9.98. The first-order valence-electron chi connectivity index (χ1n) is 8.11. The third-order valence-electron chi connectivity index (χ3n) is 3.97. The summed E-state index contributed by atoms with van der Waals surface area (Å²) in [6, 6.07) is 17.8. The van der Waals surface area contributed by atoms with Crippen LogP contribution >= 0.6 is 0 Å². The fourth-order valence-corrected chi connectivity index (χ4v) is 2.90. The van der Waals surface area contributed by atoms with Gasteiger partial charge in [-0.2, -0.15) is 5.26 Å². The van der Waals surface area contributed by atoms with Crippen molar-refractivity contribution < 1.29 is 0 Å². The Morgan fingerprint density at radius 1 is 1.12 bits per heavy atom. The van der Waals surface area contributed by atoms with Gasteiger partial charge in [-0.05, 0) is 34.6 Å². The van der Waals surface area contributed by atoms with Gasteiger partial charge in [0.2, 0.25) is 0 Å². The van der Waals surface area contributed by atoms with Gasteiger partial charge in [-0.1, -0.05) is 50.2 Å². The van der Waals surface area contributed by atoms with E-state index in [0.29, 0.717) is 24.3 Å². The monoisotopic (exact) mass is 315 g/mol. The van der Waals surface area contributed by atoms with Crippen molar-refractivity contribution in [2.24, 2.45) is 5.92 Å². The Morgan fingerprint density at radius 2 is 1.88 bits per heavy atom. The molecule has 2 aromatic carbocycles. The van der Waals surface area contributed by atoms with Crippen LogP contribution in [-0.2, 0) is 13.0 Å². The number of aromatic nitrogens is 1. The number of hydrogen-bond donors (Lipinski definition) is 0. The Hall–Kier alpha value is -2.86. The van der Waals surface area contributed by atoms with Crippen molar-refractivity contribution in [1.29, 1.82) is 5.26 Å². The summed E-state index contributed by atoms with van der Waals surface area (Å²) in [5.41, 5.74) is 2.82. The minimum Gasteiger partial charge on any atom is -0.305 e. The molecule has 0 aliphatic heterocycles. The maximum atomic E-state index is 12.8. The predicted octanol–water partition coefficient (Wildman–Crippen LogP) is 4.19. The van der Waals surface area contributed by atoms with E-state index >= 15 is 0 Å². The van der Waals surface area contributed by atoms with Crippen LogP contribution in [0, 0.1) is 23.4 Å². The molecular weight excluding hydrogens is 296 g/mol. The summed E-state index contributed by atoms with van der Waals surface area (Å²) in [4.78, 5) is 12.8. The van der Waals surface area contributed by atoms with Crippen LogP contribution in [0.2, 0.25) is 0 Å². The van der Waals surface area contributed by atoms with Gasteiger partial charge in [0.15, 0.2) is 0 Å². The second-order valence-corrected chi connectivity index (χ2v) is 6.38. The van der Waals surface area contributed by atoms with Crippen LogP contribution in [0.3, 0.4) is 0 Å². The van der Waals surface area contributed by atoms with Gasteiger partial charge in [0.05, 0.1) is 18.7 Å². The van der Waals surface area contributed by atoms with E-state index in [1.54, 1.807) is 4.57 Å². The Kier molecular flexibility index (Phi) is 4.48. The molecule has 1 heterocycles. The summed E-state index contributed by atoms with van der Waals surface area (Å²) >= 11 is 0. The first-order valence-corrected chi connectivity index (χ1v) is 8.11. The van der Waals surface area contributed by atoms with E-state index in [4.69, 9.17) is 5.26 Å². The smallest absolute Gasteiger partial charge is 0.258 e. The van der Waals surface area contributed by atoms with Crippen molar-refractivity contribution in [1.82, 2.24) is 4.57 Å². The number of nitriles is 1. The van der Waals surface area contributed by atoms with Gasteiger partial charge in [0.1, 0.15) is 0 Å². The van der Waals surface area contributed by atoms with Crippen molar-refractivity contribution in [3.05, 3.63) is 70.6 Å². The van der Waals surface area contributed by atoms with Crippen LogP contribution in [-0.4, -0.2) is 4.57 Å². The molecule has 0 N–H and O–H groups in total. The number of hydrogen-bond acceptors (Lipinski definition) is 2. The maximum Gasteiger partial charge on any atom is 0.258 e. The van der Waals surface area contributed by atoms with Crippen molar-refractivity contribution in [3.8, 4) is 17.2 Å². The lowest BCUT2D eigenvalue weighted by Gasteiger charge is -2.14. The average molecular weight is 315 g/mol. The molecule has 0 spiro atoms. The van der Waals surface area contributed by atoms with Crippen LogP contribution in [0.1, 0.15) is 19.4 Å². The minimum atomic E-state index is -0.0260. The summed E-state index contributed by atoms with van der Waals surface area (Å²) in [6.07, 6.45) is 3.63. The summed E-state index contributed by atoms with van der Waals surface area (Å²) in [5, 5.41) is 10.5. The van der Waals surface area contributed by atoms with Crippen LogP contribution < -0.4 is 5.56 Å². The molecule has 0 saturated carbocycles. The first kappa shape index (κ1) is 16.0. The largest absolute Gasteiger partial charge is 0.305 e. The molecule has 0 unspecified atom stereocenters. The lowest BCUT2D eigenvalue weighted by molar-refractivity contribution is 0.511. The standard InChI is InChI=1S/C21H19N2O/c1-15(2)13-23-14-20(17-6-4-3-5-7-17)19-12-16(10-11-22)8-9-18(19)21(23)24/h3-9,12,15H,10,13H2,1-2H3. The second kappa shape index (κ2) is 6.72. The molecule has 0 amide bonds.